The van der Waals surface area contributed by atoms with Gasteiger partial charge < -0.3 is 14.2 Å². The van der Waals surface area contributed by atoms with Crippen molar-refractivity contribution in [2.24, 2.45) is 46.3 Å². The molecule has 3 fully saturated rings. The van der Waals surface area contributed by atoms with Crippen molar-refractivity contribution in [3.05, 3.63) is 60.2 Å². The molecule has 3 saturated carbocycles. The minimum atomic E-state index is -0.0141. The zero-order chi connectivity index (χ0) is 40.3. The first-order chi connectivity index (χ1) is 27.6. The van der Waals surface area contributed by atoms with E-state index in [9.17, 15) is 4.79 Å². The van der Waals surface area contributed by atoms with Crippen LogP contribution in [0.15, 0.2) is 60.2 Å². The van der Waals surface area contributed by atoms with Crippen molar-refractivity contribution in [1.29, 1.82) is 0 Å². The lowest BCUT2D eigenvalue weighted by Crippen LogP contribution is -2.51. The molecule has 4 heteroatoms. The van der Waals surface area contributed by atoms with Crippen LogP contribution >= 0.6 is 0 Å². The number of allylic oxidation sites excluding steroid dienone is 1. The maximum atomic E-state index is 13.0. The van der Waals surface area contributed by atoms with Crippen LogP contribution < -0.4 is 9.47 Å². The smallest absolute Gasteiger partial charge is 0.306 e. The summed E-state index contributed by atoms with van der Waals surface area (Å²) in [6.45, 7) is 16.3. The molecule has 0 saturated heterocycles. The number of carbonyl (C=O) groups is 1. The quantitative estimate of drug-likeness (QED) is 0.0678. The lowest BCUT2D eigenvalue weighted by Gasteiger charge is -2.58. The highest BCUT2D eigenvalue weighted by Gasteiger charge is 2.59. The molecule has 4 nitrogen and oxygen atoms in total. The fourth-order valence-electron chi connectivity index (χ4n) is 12.3. The molecule has 2 aromatic carbocycles. The van der Waals surface area contributed by atoms with E-state index in [2.05, 4.69) is 96.1 Å². The van der Waals surface area contributed by atoms with E-state index in [1.165, 1.54) is 101 Å². The zero-order valence-corrected chi connectivity index (χ0v) is 37.1. The highest BCUT2D eigenvalue weighted by atomic mass is 16.5. The average Bonchev–Trinajstić information content (AvgIpc) is 3.56. The molecule has 4 aliphatic rings. The summed E-state index contributed by atoms with van der Waals surface area (Å²) >= 11 is 0. The number of hydrogen-bond donors (Lipinski definition) is 0. The SMILES string of the molecule is CCCCCCCCOc1ccc(-c2ccc(OCCCCCC(=O)O[C@H]3CC[C@@]4(C)C(=CC[C@H]5[C@@H]6CC[C@H]([C@H](C)CCCC(C)C)[C@@]6(C)CC[C@@H]54)C3)cc2)cc1. The topological polar surface area (TPSA) is 44.8 Å². The Morgan fingerprint density at radius 1 is 0.702 bits per heavy atom. The average molecular weight is 781 g/mol. The van der Waals surface area contributed by atoms with E-state index in [0.717, 1.165) is 92.1 Å². The van der Waals surface area contributed by atoms with Crippen molar-refractivity contribution in [2.45, 2.75) is 182 Å². The van der Waals surface area contributed by atoms with Gasteiger partial charge in [0.15, 0.2) is 0 Å². The summed E-state index contributed by atoms with van der Waals surface area (Å²) in [6, 6.07) is 16.8. The fraction of sp³-hybridized carbons (Fsp3) is 0.717. The number of ether oxygens (including phenoxy) is 3. The molecule has 0 unspecified atom stereocenters. The summed E-state index contributed by atoms with van der Waals surface area (Å²) < 4.78 is 18.2. The van der Waals surface area contributed by atoms with Gasteiger partial charge in [-0.25, -0.2) is 0 Å². The third-order valence-electron chi connectivity index (χ3n) is 15.7. The van der Waals surface area contributed by atoms with Gasteiger partial charge in [0.25, 0.3) is 0 Å². The summed E-state index contributed by atoms with van der Waals surface area (Å²) in [5.41, 5.74) is 4.79. The third-order valence-corrected chi connectivity index (χ3v) is 15.7. The molecule has 0 aromatic heterocycles. The van der Waals surface area contributed by atoms with Crippen molar-refractivity contribution in [2.75, 3.05) is 13.2 Å². The highest BCUT2D eigenvalue weighted by Crippen LogP contribution is 2.67. The molecule has 4 aliphatic carbocycles. The molecule has 0 heterocycles. The van der Waals surface area contributed by atoms with Gasteiger partial charge in [-0.1, -0.05) is 129 Å². The van der Waals surface area contributed by atoms with Crippen LogP contribution in [0.2, 0.25) is 0 Å². The van der Waals surface area contributed by atoms with Gasteiger partial charge in [-0.05, 0) is 152 Å². The number of benzene rings is 2. The molecule has 316 valence electrons. The van der Waals surface area contributed by atoms with Gasteiger partial charge in [0, 0.05) is 12.8 Å². The Labute approximate surface area is 348 Å². The molecule has 2 aromatic rings. The molecule has 0 N–H and O–H groups in total. The van der Waals surface area contributed by atoms with Crippen LogP contribution in [0.1, 0.15) is 176 Å². The first-order valence-electron chi connectivity index (χ1n) is 24.0. The fourth-order valence-corrected chi connectivity index (χ4v) is 12.3. The summed E-state index contributed by atoms with van der Waals surface area (Å²) in [6.07, 6.45) is 27.9. The molecule has 57 heavy (non-hydrogen) atoms. The Hall–Kier alpha value is -2.75. The van der Waals surface area contributed by atoms with Crippen LogP contribution in [-0.4, -0.2) is 25.3 Å². The normalized spacial score (nSPS) is 28.5. The van der Waals surface area contributed by atoms with Crippen molar-refractivity contribution in [1.82, 2.24) is 0 Å². The maximum absolute atomic E-state index is 13.0. The van der Waals surface area contributed by atoms with E-state index in [4.69, 9.17) is 14.2 Å². The highest BCUT2D eigenvalue weighted by molar-refractivity contribution is 5.69. The van der Waals surface area contributed by atoms with E-state index >= 15 is 0 Å². The van der Waals surface area contributed by atoms with Crippen LogP contribution in [0.5, 0.6) is 11.5 Å². The van der Waals surface area contributed by atoms with Crippen LogP contribution in [-0.2, 0) is 9.53 Å². The Morgan fingerprint density at radius 3 is 1.98 bits per heavy atom. The van der Waals surface area contributed by atoms with Crippen LogP contribution in [0.3, 0.4) is 0 Å². The second-order valence-electron chi connectivity index (χ2n) is 20.0. The predicted octanol–water partition coefficient (Wildman–Crippen LogP) is 15.0. The summed E-state index contributed by atoms with van der Waals surface area (Å²) in [4.78, 5) is 13.0. The first kappa shape index (κ1) is 43.8. The molecule has 0 amide bonds. The number of esters is 1. The van der Waals surface area contributed by atoms with Crippen LogP contribution in [0, 0.1) is 46.3 Å². The van der Waals surface area contributed by atoms with Crippen LogP contribution in [0.25, 0.3) is 11.1 Å². The second kappa shape index (κ2) is 21.0. The second-order valence-corrected chi connectivity index (χ2v) is 20.0. The number of fused-ring (bicyclic) bond motifs is 5. The molecular weight excluding hydrogens is 701 g/mol. The minimum absolute atomic E-state index is 0.0141. The molecule has 0 radical (unpaired) electrons. The van der Waals surface area contributed by atoms with Crippen molar-refractivity contribution >= 4 is 5.97 Å². The Kier molecular flexibility index (Phi) is 16.1. The van der Waals surface area contributed by atoms with Gasteiger partial charge in [-0.15, -0.1) is 0 Å². The summed E-state index contributed by atoms with van der Waals surface area (Å²) in [5, 5.41) is 0. The molecule has 0 spiro atoms. The Bertz CT molecular complexity index is 1540. The number of hydrogen-bond acceptors (Lipinski definition) is 4. The number of carbonyl (C=O) groups excluding carboxylic acids is 1. The third kappa shape index (κ3) is 11.3. The first-order valence-corrected chi connectivity index (χ1v) is 24.0. The van der Waals surface area contributed by atoms with E-state index in [1.807, 2.05) is 0 Å². The molecular formula is C53H80O4. The Balaban J connectivity index is 0.859. The van der Waals surface area contributed by atoms with Crippen molar-refractivity contribution < 1.29 is 19.0 Å². The van der Waals surface area contributed by atoms with Gasteiger partial charge >= 0.3 is 5.97 Å². The molecule has 0 aliphatic heterocycles. The lowest BCUT2D eigenvalue weighted by atomic mass is 9.47. The number of rotatable bonds is 22. The van der Waals surface area contributed by atoms with E-state index in [-0.39, 0.29) is 12.1 Å². The predicted molar refractivity (Wildman–Crippen MR) is 238 cm³/mol. The van der Waals surface area contributed by atoms with Crippen molar-refractivity contribution in [3.63, 3.8) is 0 Å². The number of unbranched alkanes of at least 4 members (excludes halogenated alkanes) is 7. The van der Waals surface area contributed by atoms with Gasteiger partial charge in [0.2, 0.25) is 0 Å². The molecule has 8 atom stereocenters. The van der Waals surface area contributed by atoms with Gasteiger partial charge in [0.1, 0.15) is 17.6 Å². The Morgan fingerprint density at radius 2 is 1.33 bits per heavy atom. The largest absolute Gasteiger partial charge is 0.494 e. The minimum Gasteiger partial charge on any atom is -0.494 e. The van der Waals surface area contributed by atoms with Gasteiger partial charge in [0.05, 0.1) is 13.2 Å². The molecule has 6 rings (SSSR count). The van der Waals surface area contributed by atoms with Crippen LogP contribution in [0.4, 0.5) is 0 Å². The van der Waals surface area contributed by atoms with E-state index in [0.29, 0.717) is 23.9 Å². The maximum Gasteiger partial charge on any atom is 0.306 e. The standard InChI is InChI=1S/C53H80O4/c1-7-8-9-10-11-14-36-55-44-25-20-41(21-26-44)42-22-27-45(28-23-42)56-37-15-12-13-19-51(54)57-46-32-34-52(5)43(38-46)24-29-47-49-31-30-48(40(4)18-16-17-39(2)3)53(49,6)35-33-50(47)52/h20-28,39-40,46-50H,7-19,29-38H2,1-6H3/t40-,46+,47+,48-,49+,50+,52+,53-/m1/s1. The van der Waals surface area contributed by atoms with E-state index in [1.54, 1.807) is 5.57 Å². The lowest BCUT2D eigenvalue weighted by molar-refractivity contribution is -0.151. The summed E-state index contributed by atoms with van der Waals surface area (Å²) in [7, 11) is 0. The monoisotopic (exact) mass is 781 g/mol. The van der Waals surface area contributed by atoms with E-state index < -0.39 is 0 Å². The van der Waals surface area contributed by atoms with Gasteiger partial charge in [-0.2, -0.15) is 0 Å². The van der Waals surface area contributed by atoms with Crippen molar-refractivity contribution in [3.8, 4) is 22.6 Å². The molecule has 0 bridgehead atoms. The van der Waals surface area contributed by atoms with Gasteiger partial charge in [-0.3, -0.25) is 4.79 Å². The summed E-state index contributed by atoms with van der Waals surface area (Å²) in [5.74, 6) is 6.95. The zero-order valence-electron chi connectivity index (χ0n) is 37.1.